The number of aliphatic hydroxyl groups is 1. The Hall–Kier alpha value is -3.21. The molecule has 0 radical (unpaired) electrons. The summed E-state index contributed by atoms with van der Waals surface area (Å²) in [6.07, 6.45) is -0.923. The molecule has 1 saturated heterocycles. The van der Waals surface area contributed by atoms with Crippen LogP contribution in [0.15, 0.2) is 36.7 Å². The minimum atomic E-state index is -2.73. The van der Waals surface area contributed by atoms with E-state index in [1.807, 2.05) is 0 Å². The molecule has 1 fully saturated rings. The van der Waals surface area contributed by atoms with Gasteiger partial charge in [0.1, 0.15) is 17.3 Å². The zero-order valence-electron chi connectivity index (χ0n) is 21.3. The molecule has 1 aromatic heterocycles. The van der Waals surface area contributed by atoms with Gasteiger partial charge in [-0.3, -0.25) is 4.90 Å². The molecule has 0 unspecified atom stereocenters. The van der Waals surface area contributed by atoms with Crippen molar-refractivity contribution in [2.75, 3.05) is 6.54 Å². The fraction of sp³-hybridized carbons (Fsp3) is 0.560. The third-order valence-electron chi connectivity index (χ3n) is 5.35. The van der Waals surface area contributed by atoms with Crippen LogP contribution >= 0.6 is 0 Å². The van der Waals surface area contributed by atoms with Gasteiger partial charge in [-0.2, -0.15) is 13.9 Å². The summed E-state index contributed by atoms with van der Waals surface area (Å²) in [7, 11) is 0. The van der Waals surface area contributed by atoms with E-state index in [0.717, 1.165) is 5.56 Å². The topological polar surface area (TPSA) is 103 Å². The number of hydrogen-bond acceptors (Lipinski definition) is 7. The van der Waals surface area contributed by atoms with Gasteiger partial charge in [-0.05, 0) is 59.1 Å². The summed E-state index contributed by atoms with van der Waals surface area (Å²) in [5.74, 6) is 0. The first-order chi connectivity index (χ1) is 16.6. The van der Waals surface area contributed by atoms with E-state index in [1.54, 1.807) is 65.8 Å². The standard InChI is InChI=1S/C25H33F2N3O6/c1-24(2,3)35-22(32)29-14-19(34-23(33)36-25(4,5)6)20(31)18(29)11-15-7-9-16(10-8-15)17-12-28-30(13-17)21(26)27/h7-10,12-13,18-21,31H,11,14H2,1-6H3/t18-,19+,20+/m1/s1. The quantitative estimate of drug-likeness (QED) is 0.578. The first-order valence-corrected chi connectivity index (χ1v) is 11.6. The van der Waals surface area contributed by atoms with E-state index in [-0.39, 0.29) is 13.0 Å². The fourth-order valence-corrected chi connectivity index (χ4v) is 3.80. The molecule has 3 atom stereocenters. The first-order valence-electron chi connectivity index (χ1n) is 11.6. The lowest BCUT2D eigenvalue weighted by Gasteiger charge is -2.29. The van der Waals surface area contributed by atoms with Crippen LogP contribution in [0.3, 0.4) is 0 Å². The van der Waals surface area contributed by atoms with Gasteiger partial charge in [0.15, 0.2) is 6.10 Å². The van der Waals surface area contributed by atoms with E-state index < -0.39 is 48.2 Å². The van der Waals surface area contributed by atoms with Gasteiger partial charge < -0.3 is 19.3 Å². The number of halogens is 2. The molecular formula is C25H33F2N3O6. The minimum absolute atomic E-state index is 0.0646. The number of alkyl halides is 2. The molecule has 0 spiro atoms. The predicted octanol–water partition coefficient (Wildman–Crippen LogP) is 4.79. The summed E-state index contributed by atoms with van der Waals surface area (Å²) in [5.41, 5.74) is 0.451. The van der Waals surface area contributed by atoms with Crippen molar-refractivity contribution in [1.82, 2.24) is 14.7 Å². The average molecular weight is 510 g/mol. The van der Waals surface area contributed by atoms with Crippen LogP contribution < -0.4 is 0 Å². The van der Waals surface area contributed by atoms with E-state index in [1.165, 1.54) is 17.3 Å². The van der Waals surface area contributed by atoms with Crippen LogP contribution in [0.25, 0.3) is 11.1 Å². The number of amides is 1. The number of aromatic nitrogens is 2. The highest BCUT2D eigenvalue weighted by molar-refractivity contribution is 5.70. The maximum atomic E-state index is 12.9. The molecule has 0 bridgehead atoms. The molecule has 3 rings (SSSR count). The Balaban J connectivity index is 1.77. The molecular weight excluding hydrogens is 476 g/mol. The summed E-state index contributed by atoms with van der Waals surface area (Å²) in [4.78, 5) is 26.5. The number of benzene rings is 1. The monoisotopic (exact) mass is 509 g/mol. The normalized spacial score (nSPS) is 20.5. The molecule has 0 aliphatic carbocycles. The number of ether oxygens (including phenoxy) is 3. The molecule has 2 aromatic rings. The molecule has 1 aromatic carbocycles. The van der Waals surface area contributed by atoms with E-state index in [0.29, 0.717) is 15.8 Å². The van der Waals surface area contributed by atoms with E-state index >= 15 is 0 Å². The number of carbonyl (C=O) groups is 2. The van der Waals surface area contributed by atoms with Crippen molar-refractivity contribution in [2.24, 2.45) is 0 Å². The van der Waals surface area contributed by atoms with Crippen LogP contribution in [0, 0.1) is 0 Å². The maximum Gasteiger partial charge on any atom is 0.509 e. The SMILES string of the molecule is CC(C)(C)OC(=O)O[C@H]1CN(C(=O)OC(C)(C)C)[C@H](Cc2ccc(-c3cnn(C(F)F)c3)cc2)[C@@H]1O. The summed E-state index contributed by atoms with van der Waals surface area (Å²) < 4.78 is 42.2. The molecule has 1 aliphatic heterocycles. The number of rotatable bonds is 5. The number of nitrogens with zero attached hydrogens (tertiary/aromatic N) is 3. The molecule has 1 amide bonds. The second kappa shape index (κ2) is 10.4. The highest BCUT2D eigenvalue weighted by Gasteiger charge is 2.47. The van der Waals surface area contributed by atoms with Gasteiger partial charge in [-0.15, -0.1) is 0 Å². The fourth-order valence-electron chi connectivity index (χ4n) is 3.80. The lowest BCUT2D eigenvalue weighted by molar-refractivity contribution is -0.0486. The Bertz CT molecular complexity index is 1060. The zero-order chi connectivity index (χ0) is 26.8. The Morgan fingerprint density at radius 2 is 1.67 bits per heavy atom. The van der Waals surface area contributed by atoms with Gasteiger partial charge in [0.25, 0.3) is 0 Å². The van der Waals surface area contributed by atoms with Crippen LogP contribution in [-0.2, 0) is 20.6 Å². The molecule has 198 valence electrons. The number of hydrogen-bond donors (Lipinski definition) is 1. The first kappa shape index (κ1) is 27.4. The van der Waals surface area contributed by atoms with Crippen molar-refractivity contribution in [3.63, 3.8) is 0 Å². The Morgan fingerprint density at radius 3 is 2.19 bits per heavy atom. The van der Waals surface area contributed by atoms with Crippen molar-refractivity contribution >= 4 is 12.2 Å². The molecule has 0 saturated carbocycles. The van der Waals surface area contributed by atoms with Crippen molar-refractivity contribution in [2.45, 2.75) is 84.0 Å². The molecule has 1 N–H and O–H groups in total. The molecule has 1 aliphatic rings. The largest absolute Gasteiger partial charge is 0.509 e. The summed E-state index contributed by atoms with van der Waals surface area (Å²) in [5, 5.41) is 14.6. The highest BCUT2D eigenvalue weighted by atomic mass is 19.3. The van der Waals surface area contributed by atoms with E-state index in [9.17, 15) is 23.5 Å². The summed E-state index contributed by atoms with van der Waals surface area (Å²) >= 11 is 0. The van der Waals surface area contributed by atoms with Gasteiger partial charge in [0.2, 0.25) is 0 Å². The van der Waals surface area contributed by atoms with E-state index in [4.69, 9.17) is 14.2 Å². The van der Waals surface area contributed by atoms with Crippen molar-refractivity contribution in [3.05, 3.63) is 42.2 Å². The summed E-state index contributed by atoms with van der Waals surface area (Å²) in [6, 6.07) is 6.31. The summed E-state index contributed by atoms with van der Waals surface area (Å²) in [6.45, 7) is 7.48. The second-order valence-corrected chi connectivity index (χ2v) is 10.7. The Morgan fingerprint density at radius 1 is 1.06 bits per heavy atom. The highest BCUT2D eigenvalue weighted by Crippen LogP contribution is 2.28. The third kappa shape index (κ3) is 7.16. The van der Waals surface area contributed by atoms with Crippen molar-refractivity contribution in [1.29, 1.82) is 0 Å². The molecule has 2 heterocycles. The molecule has 36 heavy (non-hydrogen) atoms. The smallest absolute Gasteiger partial charge is 0.444 e. The molecule has 9 nitrogen and oxygen atoms in total. The van der Waals surface area contributed by atoms with Crippen LogP contribution in [0.1, 0.15) is 53.7 Å². The van der Waals surface area contributed by atoms with Gasteiger partial charge >= 0.3 is 18.8 Å². The van der Waals surface area contributed by atoms with Gasteiger partial charge in [0, 0.05) is 11.8 Å². The third-order valence-corrected chi connectivity index (χ3v) is 5.35. The number of carbonyl (C=O) groups excluding carboxylic acids is 2. The van der Waals surface area contributed by atoms with Crippen LogP contribution in [-0.4, -0.2) is 68.0 Å². The lowest BCUT2D eigenvalue weighted by Crippen LogP contribution is -2.43. The van der Waals surface area contributed by atoms with Crippen molar-refractivity contribution < 1.29 is 37.7 Å². The predicted molar refractivity (Wildman–Crippen MR) is 126 cm³/mol. The van der Waals surface area contributed by atoms with Crippen LogP contribution in [0.4, 0.5) is 18.4 Å². The lowest BCUT2D eigenvalue weighted by atomic mass is 9.99. The molecule has 11 heteroatoms. The van der Waals surface area contributed by atoms with Gasteiger partial charge in [0.05, 0.1) is 18.8 Å². The van der Waals surface area contributed by atoms with Crippen LogP contribution in [0.2, 0.25) is 0 Å². The van der Waals surface area contributed by atoms with E-state index in [2.05, 4.69) is 5.10 Å². The van der Waals surface area contributed by atoms with Crippen LogP contribution in [0.5, 0.6) is 0 Å². The van der Waals surface area contributed by atoms with Gasteiger partial charge in [-0.1, -0.05) is 24.3 Å². The Labute approximate surface area is 208 Å². The zero-order valence-corrected chi connectivity index (χ0v) is 21.3. The average Bonchev–Trinajstić information content (AvgIpc) is 3.33. The minimum Gasteiger partial charge on any atom is -0.444 e. The van der Waals surface area contributed by atoms with Gasteiger partial charge in [-0.25, -0.2) is 14.3 Å². The number of likely N-dealkylation sites (tertiary alicyclic amines) is 1. The Kier molecular flexibility index (Phi) is 7.92. The van der Waals surface area contributed by atoms with Crippen molar-refractivity contribution in [3.8, 4) is 11.1 Å². The number of aliphatic hydroxyl groups excluding tert-OH is 1. The second-order valence-electron chi connectivity index (χ2n) is 10.7. The maximum absolute atomic E-state index is 12.9.